The van der Waals surface area contributed by atoms with E-state index in [1.54, 1.807) is 24.6 Å². The van der Waals surface area contributed by atoms with E-state index in [4.69, 9.17) is 5.73 Å². The average Bonchev–Trinajstić information content (AvgIpc) is 2.58. The molecule has 0 unspecified atom stereocenters. The molecule has 0 aliphatic heterocycles. The predicted octanol–water partition coefficient (Wildman–Crippen LogP) is 1.77. The van der Waals surface area contributed by atoms with E-state index in [1.807, 2.05) is 30.3 Å². The van der Waals surface area contributed by atoms with E-state index >= 15 is 0 Å². The highest BCUT2D eigenvalue weighted by atomic mass is 16.3. The minimum atomic E-state index is -0.775. The molecule has 0 fully saturated rings. The second-order valence-electron chi connectivity index (χ2n) is 4.80. The van der Waals surface area contributed by atoms with Crippen molar-refractivity contribution < 1.29 is 5.11 Å². The van der Waals surface area contributed by atoms with Crippen LogP contribution < -0.4 is 5.73 Å². The van der Waals surface area contributed by atoms with Crippen LogP contribution in [0.3, 0.4) is 0 Å². The van der Waals surface area contributed by atoms with E-state index in [0.717, 1.165) is 11.4 Å². The minimum Gasteiger partial charge on any atom is -0.390 e. The Morgan fingerprint density at radius 2 is 1.94 bits per heavy atom. The van der Waals surface area contributed by atoms with Gasteiger partial charge in [-0.25, -0.2) is 4.68 Å². The first-order chi connectivity index (χ1) is 7.96. The van der Waals surface area contributed by atoms with Gasteiger partial charge in [-0.1, -0.05) is 18.2 Å². The van der Waals surface area contributed by atoms with Crippen molar-refractivity contribution in [3.05, 3.63) is 42.1 Å². The first-order valence-corrected chi connectivity index (χ1v) is 5.58. The lowest BCUT2D eigenvalue weighted by atomic mass is 10.0. The maximum atomic E-state index is 9.75. The van der Waals surface area contributed by atoms with Crippen LogP contribution in [0.15, 0.2) is 36.4 Å². The number of nitrogen functional groups attached to an aromatic ring is 1. The van der Waals surface area contributed by atoms with Crippen molar-refractivity contribution in [3.8, 4) is 5.69 Å². The van der Waals surface area contributed by atoms with E-state index < -0.39 is 5.60 Å². The number of para-hydroxylation sites is 1. The minimum absolute atomic E-state index is 0.483. The zero-order valence-electron chi connectivity index (χ0n) is 10.1. The highest BCUT2D eigenvalue weighted by Gasteiger charge is 2.17. The molecule has 1 aromatic heterocycles. The fourth-order valence-electron chi connectivity index (χ4n) is 1.75. The molecule has 1 aromatic carbocycles. The standard InChI is InChI=1S/C13H17N3O/c1-13(2,17)9-10-8-12(14)16(15-10)11-6-4-3-5-7-11/h3-8,17H,9,14H2,1-2H3. The van der Waals surface area contributed by atoms with Gasteiger partial charge in [0.15, 0.2) is 0 Å². The second-order valence-corrected chi connectivity index (χ2v) is 4.80. The highest BCUT2D eigenvalue weighted by molar-refractivity contribution is 5.42. The van der Waals surface area contributed by atoms with Gasteiger partial charge in [0.25, 0.3) is 0 Å². The lowest BCUT2D eigenvalue weighted by Crippen LogP contribution is -2.22. The Labute approximate surface area is 101 Å². The first-order valence-electron chi connectivity index (χ1n) is 5.58. The van der Waals surface area contributed by atoms with Gasteiger partial charge in [-0.2, -0.15) is 5.10 Å². The predicted molar refractivity (Wildman–Crippen MR) is 68.0 cm³/mol. The van der Waals surface area contributed by atoms with Gasteiger partial charge in [-0.3, -0.25) is 0 Å². The van der Waals surface area contributed by atoms with Gasteiger partial charge in [0.2, 0.25) is 0 Å². The molecule has 4 nitrogen and oxygen atoms in total. The fraction of sp³-hybridized carbons (Fsp3) is 0.308. The molecule has 0 spiro atoms. The summed E-state index contributed by atoms with van der Waals surface area (Å²) < 4.78 is 1.68. The normalized spacial score (nSPS) is 11.7. The summed E-state index contributed by atoms with van der Waals surface area (Å²) in [6.07, 6.45) is 0.483. The molecule has 3 N–H and O–H groups in total. The number of aromatic nitrogens is 2. The number of nitrogens with two attached hydrogens (primary N) is 1. The van der Waals surface area contributed by atoms with Gasteiger partial charge in [0.05, 0.1) is 17.0 Å². The summed E-state index contributed by atoms with van der Waals surface area (Å²) in [6, 6.07) is 11.5. The van der Waals surface area contributed by atoms with Gasteiger partial charge in [-0.15, -0.1) is 0 Å². The smallest absolute Gasteiger partial charge is 0.127 e. The van der Waals surface area contributed by atoms with Crippen LogP contribution in [0.1, 0.15) is 19.5 Å². The van der Waals surface area contributed by atoms with Gasteiger partial charge in [0, 0.05) is 12.5 Å². The zero-order chi connectivity index (χ0) is 12.5. The Balaban J connectivity index is 2.32. The molecular formula is C13H17N3O. The summed E-state index contributed by atoms with van der Waals surface area (Å²) in [5.74, 6) is 0.579. The molecule has 0 bridgehead atoms. The van der Waals surface area contributed by atoms with Crippen molar-refractivity contribution in [1.82, 2.24) is 9.78 Å². The Morgan fingerprint density at radius 3 is 2.53 bits per heavy atom. The molecular weight excluding hydrogens is 214 g/mol. The summed E-state index contributed by atoms with van der Waals surface area (Å²) >= 11 is 0. The molecule has 0 amide bonds. The molecule has 4 heteroatoms. The molecule has 0 aliphatic rings. The third-order valence-electron chi connectivity index (χ3n) is 2.40. The Morgan fingerprint density at radius 1 is 1.29 bits per heavy atom. The molecule has 90 valence electrons. The van der Waals surface area contributed by atoms with Crippen molar-refractivity contribution in [3.63, 3.8) is 0 Å². The Hall–Kier alpha value is -1.81. The van der Waals surface area contributed by atoms with Crippen LogP contribution in [0.5, 0.6) is 0 Å². The van der Waals surface area contributed by atoms with Crippen molar-refractivity contribution in [2.24, 2.45) is 0 Å². The summed E-state index contributed by atoms with van der Waals surface area (Å²) in [6.45, 7) is 3.51. The van der Waals surface area contributed by atoms with Crippen molar-refractivity contribution >= 4 is 5.82 Å². The van der Waals surface area contributed by atoms with Crippen molar-refractivity contribution in [2.45, 2.75) is 25.9 Å². The second kappa shape index (κ2) is 4.22. The lowest BCUT2D eigenvalue weighted by molar-refractivity contribution is 0.0798. The van der Waals surface area contributed by atoms with Gasteiger partial charge < -0.3 is 10.8 Å². The number of hydrogen-bond acceptors (Lipinski definition) is 3. The van der Waals surface area contributed by atoms with Gasteiger partial charge in [0.1, 0.15) is 5.82 Å². The fourth-order valence-corrected chi connectivity index (χ4v) is 1.75. The van der Waals surface area contributed by atoms with Crippen LogP contribution in [0, 0.1) is 0 Å². The van der Waals surface area contributed by atoms with Crippen LogP contribution >= 0.6 is 0 Å². The van der Waals surface area contributed by atoms with E-state index in [9.17, 15) is 5.11 Å². The average molecular weight is 231 g/mol. The topological polar surface area (TPSA) is 64.1 Å². The van der Waals surface area contributed by atoms with Crippen LogP contribution in [-0.2, 0) is 6.42 Å². The van der Waals surface area contributed by atoms with Crippen LogP contribution in [-0.4, -0.2) is 20.5 Å². The SMILES string of the molecule is CC(C)(O)Cc1cc(N)n(-c2ccccc2)n1. The van der Waals surface area contributed by atoms with Crippen LogP contribution in [0.4, 0.5) is 5.82 Å². The number of rotatable bonds is 3. The molecule has 17 heavy (non-hydrogen) atoms. The molecule has 0 saturated carbocycles. The zero-order valence-corrected chi connectivity index (χ0v) is 10.1. The molecule has 0 aliphatic carbocycles. The highest BCUT2D eigenvalue weighted by Crippen LogP contribution is 2.17. The summed E-state index contributed by atoms with van der Waals surface area (Å²) in [4.78, 5) is 0. The number of hydrogen-bond donors (Lipinski definition) is 2. The first kappa shape index (κ1) is 11.7. The van der Waals surface area contributed by atoms with Crippen LogP contribution in [0.2, 0.25) is 0 Å². The monoisotopic (exact) mass is 231 g/mol. The van der Waals surface area contributed by atoms with E-state index in [-0.39, 0.29) is 0 Å². The number of aliphatic hydroxyl groups is 1. The summed E-state index contributed by atoms with van der Waals surface area (Å²) in [5.41, 5.74) is 6.85. The number of anilines is 1. The number of nitrogens with zero attached hydrogens (tertiary/aromatic N) is 2. The maximum Gasteiger partial charge on any atom is 0.127 e. The molecule has 2 rings (SSSR count). The molecule has 0 atom stereocenters. The van der Waals surface area contributed by atoms with E-state index in [1.165, 1.54) is 0 Å². The van der Waals surface area contributed by atoms with Crippen molar-refractivity contribution in [1.29, 1.82) is 0 Å². The van der Waals surface area contributed by atoms with E-state index in [0.29, 0.717) is 12.2 Å². The maximum absolute atomic E-state index is 9.75. The van der Waals surface area contributed by atoms with Gasteiger partial charge >= 0.3 is 0 Å². The molecule has 0 radical (unpaired) electrons. The molecule has 2 aromatic rings. The lowest BCUT2D eigenvalue weighted by Gasteiger charge is -2.14. The summed E-state index contributed by atoms with van der Waals surface area (Å²) in [7, 11) is 0. The van der Waals surface area contributed by atoms with Crippen molar-refractivity contribution in [2.75, 3.05) is 5.73 Å². The molecule has 0 saturated heterocycles. The Bertz CT molecular complexity index is 497. The molecule has 1 heterocycles. The van der Waals surface area contributed by atoms with E-state index in [2.05, 4.69) is 5.10 Å². The third-order valence-corrected chi connectivity index (χ3v) is 2.40. The number of benzene rings is 1. The largest absolute Gasteiger partial charge is 0.390 e. The van der Waals surface area contributed by atoms with Crippen LogP contribution in [0.25, 0.3) is 5.69 Å². The quantitative estimate of drug-likeness (QED) is 0.846. The summed E-state index contributed by atoms with van der Waals surface area (Å²) in [5, 5.41) is 14.1. The van der Waals surface area contributed by atoms with Gasteiger partial charge in [-0.05, 0) is 26.0 Å². The Kier molecular flexibility index (Phi) is 2.90. The third kappa shape index (κ3) is 2.85.